The highest BCUT2D eigenvalue weighted by Crippen LogP contribution is 2.26. The molecule has 0 aliphatic carbocycles. The van der Waals surface area contributed by atoms with Crippen molar-refractivity contribution in [2.24, 2.45) is 0 Å². The fraction of sp³-hybridized carbons (Fsp3) is 0.235. The van der Waals surface area contributed by atoms with E-state index in [0.29, 0.717) is 17.0 Å². The number of rotatable bonds is 5. The summed E-state index contributed by atoms with van der Waals surface area (Å²) in [4.78, 5) is 24.0. The lowest BCUT2D eigenvalue weighted by Crippen LogP contribution is -2.32. The van der Waals surface area contributed by atoms with E-state index < -0.39 is 17.6 Å². The van der Waals surface area contributed by atoms with Crippen molar-refractivity contribution >= 4 is 5.97 Å². The molecule has 2 aromatic rings. The number of nitrogens with zero attached hydrogens (tertiary/aromatic N) is 2. The molecule has 118 valence electrons. The predicted octanol–water partition coefficient (Wildman–Crippen LogP) is 2.43. The molecule has 0 bridgehead atoms. The van der Waals surface area contributed by atoms with E-state index in [2.05, 4.69) is 0 Å². The third-order valence-corrected chi connectivity index (χ3v) is 3.59. The predicted molar refractivity (Wildman–Crippen MR) is 84.4 cm³/mol. The molecule has 0 saturated carbocycles. The monoisotopic (exact) mass is 312 g/mol. The van der Waals surface area contributed by atoms with Crippen LogP contribution in [0.5, 0.6) is 5.75 Å². The topological polar surface area (TPSA) is 92.3 Å². The number of hydrogen-bond donors (Lipinski definition) is 1. The van der Waals surface area contributed by atoms with Crippen molar-refractivity contribution in [3.63, 3.8) is 0 Å². The van der Waals surface area contributed by atoms with E-state index in [-0.39, 0.29) is 12.0 Å². The molecule has 6 nitrogen and oxygen atoms in total. The normalized spacial score (nSPS) is 11.5. The number of benzene rings is 1. The number of aliphatic carboxylic acids is 1. The molecular weight excluding hydrogens is 296 g/mol. The number of carboxylic acids is 1. The van der Waals surface area contributed by atoms with Gasteiger partial charge < -0.3 is 9.84 Å². The van der Waals surface area contributed by atoms with Gasteiger partial charge >= 0.3 is 5.97 Å². The molecule has 1 unspecified atom stereocenters. The van der Waals surface area contributed by atoms with Gasteiger partial charge in [0.1, 0.15) is 23.4 Å². The molecule has 1 atom stereocenters. The highest BCUT2D eigenvalue weighted by Gasteiger charge is 2.23. The molecule has 0 aliphatic heterocycles. The standard InChI is InChI=1S/C17H16N2O4/c1-3-14(17(21)22)19-15(8-7-12(10-18)16(19)20)11-5-4-6-13(9-11)23-2/h4-9,14H,3H2,1-2H3,(H,21,22). The lowest BCUT2D eigenvalue weighted by molar-refractivity contribution is -0.141. The van der Waals surface area contributed by atoms with Crippen LogP contribution < -0.4 is 10.3 Å². The Hall–Kier alpha value is -3.07. The van der Waals surface area contributed by atoms with E-state index in [1.165, 1.54) is 13.2 Å². The van der Waals surface area contributed by atoms with Crippen LogP contribution in [0.2, 0.25) is 0 Å². The van der Waals surface area contributed by atoms with E-state index in [0.717, 1.165) is 4.57 Å². The summed E-state index contributed by atoms with van der Waals surface area (Å²) in [5.74, 6) is -0.525. The molecule has 2 rings (SSSR count). The van der Waals surface area contributed by atoms with Gasteiger partial charge in [0.2, 0.25) is 0 Å². The molecule has 0 spiro atoms. The minimum atomic E-state index is -1.12. The number of methoxy groups -OCH3 is 1. The highest BCUT2D eigenvalue weighted by molar-refractivity contribution is 5.74. The Morgan fingerprint density at radius 3 is 2.70 bits per heavy atom. The van der Waals surface area contributed by atoms with E-state index in [1.807, 2.05) is 0 Å². The van der Waals surface area contributed by atoms with Crippen molar-refractivity contribution in [3.8, 4) is 23.1 Å². The molecule has 0 radical (unpaired) electrons. The van der Waals surface area contributed by atoms with Gasteiger partial charge in [-0.15, -0.1) is 0 Å². The van der Waals surface area contributed by atoms with Crippen molar-refractivity contribution in [1.29, 1.82) is 5.26 Å². The van der Waals surface area contributed by atoms with Crippen molar-refractivity contribution in [2.75, 3.05) is 7.11 Å². The molecular formula is C17H16N2O4. The summed E-state index contributed by atoms with van der Waals surface area (Å²) in [6.07, 6.45) is 0.223. The minimum absolute atomic E-state index is 0.0867. The summed E-state index contributed by atoms with van der Waals surface area (Å²) in [5.41, 5.74) is 0.381. The summed E-state index contributed by atoms with van der Waals surface area (Å²) in [7, 11) is 1.52. The molecule has 6 heteroatoms. The Morgan fingerprint density at radius 2 is 2.13 bits per heavy atom. The van der Waals surface area contributed by atoms with Crippen LogP contribution in [-0.4, -0.2) is 22.8 Å². The van der Waals surface area contributed by atoms with Gasteiger partial charge in [0.15, 0.2) is 0 Å². The largest absolute Gasteiger partial charge is 0.497 e. The first-order valence-electron chi connectivity index (χ1n) is 7.06. The fourth-order valence-electron chi connectivity index (χ4n) is 2.43. The molecule has 23 heavy (non-hydrogen) atoms. The Balaban J connectivity index is 2.78. The third-order valence-electron chi connectivity index (χ3n) is 3.59. The second-order valence-electron chi connectivity index (χ2n) is 4.91. The number of pyridine rings is 1. The number of carboxylic acid groups (broad SMARTS) is 1. The second kappa shape index (κ2) is 6.79. The van der Waals surface area contributed by atoms with Gasteiger partial charge in [0, 0.05) is 5.56 Å². The first-order chi connectivity index (χ1) is 11.0. The van der Waals surface area contributed by atoms with Crippen LogP contribution in [0.15, 0.2) is 41.2 Å². The van der Waals surface area contributed by atoms with Gasteiger partial charge in [0.25, 0.3) is 5.56 Å². The van der Waals surface area contributed by atoms with Crippen molar-refractivity contribution in [1.82, 2.24) is 4.57 Å². The maximum atomic E-state index is 12.5. The van der Waals surface area contributed by atoms with Crippen LogP contribution >= 0.6 is 0 Å². The Kier molecular flexibility index (Phi) is 4.82. The lowest BCUT2D eigenvalue weighted by atomic mass is 10.1. The number of aromatic nitrogens is 1. The molecule has 1 aromatic carbocycles. The average Bonchev–Trinajstić information content (AvgIpc) is 2.56. The van der Waals surface area contributed by atoms with Gasteiger partial charge in [-0.1, -0.05) is 19.1 Å². The maximum absolute atomic E-state index is 12.5. The SMILES string of the molecule is CCC(C(=O)O)n1c(-c2cccc(OC)c2)ccc(C#N)c1=O. The van der Waals surface area contributed by atoms with E-state index in [9.17, 15) is 14.7 Å². The number of carbonyl (C=O) groups is 1. The molecule has 0 saturated heterocycles. The van der Waals surface area contributed by atoms with Gasteiger partial charge in [-0.25, -0.2) is 4.79 Å². The van der Waals surface area contributed by atoms with Crippen LogP contribution in [-0.2, 0) is 4.79 Å². The fourth-order valence-corrected chi connectivity index (χ4v) is 2.43. The highest BCUT2D eigenvalue weighted by atomic mass is 16.5. The maximum Gasteiger partial charge on any atom is 0.326 e. The van der Waals surface area contributed by atoms with Crippen LogP contribution in [0.25, 0.3) is 11.3 Å². The van der Waals surface area contributed by atoms with Gasteiger partial charge in [-0.3, -0.25) is 9.36 Å². The quantitative estimate of drug-likeness (QED) is 0.915. The van der Waals surface area contributed by atoms with E-state index in [4.69, 9.17) is 10.00 Å². The second-order valence-corrected chi connectivity index (χ2v) is 4.91. The zero-order valence-corrected chi connectivity index (χ0v) is 12.8. The average molecular weight is 312 g/mol. The van der Waals surface area contributed by atoms with Crippen LogP contribution in [0.4, 0.5) is 0 Å². The minimum Gasteiger partial charge on any atom is -0.497 e. The molecule has 1 N–H and O–H groups in total. The molecule has 1 aromatic heterocycles. The Labute approximate surface area is 133 Å². The number of ether oxygens (including phenoxy) is 1. The van der Waals surface area contributed by atoms with Crippen molar-refractivity contribution in [2.45, 2.75) is 19.4 Å². The van der Waals surface area contributed by atoms with Crippen molar-refractivity contribution < 1.29 is 14.6 Å². The van der Waals surface area contributed by atoms with Crippen LogP contribution in [0, 0.1) is 11.3 Å². The summed E-state index contributed by atoms with van der Waals surface area (Å²) >= 11 is 0. The smallest absolute Gasteiger partial charge is 0.326 e. The van der Waals surface area contributed by atoms with Crippen LogP contribution in [0.1, 0.15) is 24.9 Å². The summed E-state index contributed by atoms with van der Waals surface area (Å²) in [5, 5.41) is 18.5. The van der Waals surface area contributed by atoms with Gasteiger partial charge in [0.05, 0.1) is 12.8 Å². The van der Waals surface area contributed by atoms with Crippen LogP contribution in [0.3, 0.4) is 0 Å². The Bertz CT molecular complexity index is 833. The van der Waals surface area contributed by atoms with Gasteiger partial charge in [-0.2, -0.15) is 5.26 Å². The molecule has 0 fully saturated rings. The van der Waals surface area contributed by atoms with Crippen molar-refractivity contribution in [3.05, 3.63) is 52.3 Å². The van der Waals surface area contributed by atoms with E-state index >= 15 is 0 Å². The zero-order valence-electron chi connectivity index (χ0n) is 12.8. The van der Waals surface area contributed by atoms with Gasteiger partial charge in [-0.05, 0) is 30.7 Å². The lowest BCUT2D eigenvalue weighted by Gasteiger charge is -2.19. The Morgan fingerprint density at radius 1 is 1.39 bits per heavy atom. The number of nitriles is 1. The summed E-state index contributed by atoms with van der Waals surface area (Å²) < 4.78 is 6.33. The first-order valence-corrected chi connectivity index (χ1v) is 7.06. The first kappa shape index (κ1) is 16.3. The number of hydrogen-bond acceptors (Lipinski definition) is 4. The molecule has 0 amide bonds. The third kappa shape index (κ3) is 3.09. The molecule has 0 aliphatic rings. The molecule has 1 heterocycles. The van der Waals surface area contributed by atoms with E-state index in [1.54, 1.807) is 43.3 Å². The summed E-state index contributed by atoms with van der Waals surface area (Å²) in [6, 6.07) is 10.7. The zero-order chi connectivity index (χ0) is 17.0. The summed E-state index contributed by atoms with van der Waals surface area (Å²) in [6.45, 7) is 1.68.